The fourth-order valence-corrected chi connectivity index (χ4v) is 4.73. The topological polar surface area (TPSA) is 87.7 Å². The molecule has 0 bridgehead atoms. The number of thiol groups is 1. The number of amides is 3. The van der Waals surface area contributed by atoms with Crippen LogP contribution in [-0.4, -0.2) is 46.2 Å². The molecule has 2 aromatic carbocycles. The van der Waals surface area contributed by atoms with Gasteiger partial charge in [-0.25, -0.2) is 4.79 Å². The molecule has 3 amide bonds. The smallest absolute Gasteiger partial charge is 0.408 e. The van der Waals surface area contributed by atoms with Crippen LogP contribution < -0.4 is 10.6 Å². The zero-order valence-electron chi connectivity index (χ0n) is 25.3. The fraction of sp³-hybridized carbons (Fsp3) is 0.531. The average Bonchev–Trinajstić information content (AvgIpc) is 2.88. The number of carbonyl (C=O) groups is 3. The van der Waals surface area contributed by atoms with Crippen molar-refractivity contribution in [1.29, 1.82) is 0 Å². The molecule has 3 atom stereocenters. The second-order valence-electron chi connectivity index (χ2n) is 11.9. The van der Waals surface area contributed by atoms with Crippen molar-refractivity contribution in [3.05, 3.63) is 70.8 Å². The third kappa shape index (κ3) is 10.2. The number of aryl methyl sites for hydroxylation is 2. The van der Waals surface area contributed by atoms with E-state index < -0.39 is 23.8 Å². The molecule has 7 nitrogen and oxygen atoms in total. The summed E-state index contributed by atoms with van der Waals surface area (Å²) in [6, 6.07) is 13.4. The first-order valence-electron chi connectivity index (χ1n) is 14.0. The summed E-state index contributed by atoms with van der Waals surface area (Å²) in [5.74, 6) is -0.183. The van der Waals surface area contributed by atoms with Crippen molar-refractivity contribution in [3.8, 4) is 0 Å². The molecule has 2 rings (SSSR count). The minimum atomic E-state index is -0.978. The molecule has 3 unspecified atom stereocenters. The number of ether oxygens (including phenoxy) is 1. The highest BCUT2D eigenvalue weighted by Gasteiger charge is 2.39. The molecule has 0 aromatic heterocycles. The Bertz CT molecular complexity index is 1130. The molecule has 0 aliphatic carbocycles. The molecular formula is C32H47N3O4S. The number of nitrogens with zero attached hydrogens (tertiary/aromatic N) is 1. The summed E-state index contributed by atoms with van der Waals surface area (Å²) in [7, 11) is 0. The number of benzene rings is 2. The van der Waals surface area contributed by atoms with Gasteiger partial charge in [0.1, 0.15) is 17.7 Å². The summed E-state index contributed by atoms with van der Waals surface area (Å²) >= 11 is 4.40. The van der Waals surface area contributed by atoms with Crippen molar-refractivity contribution < 1.29 is 19.1 Å². The Kier molecular flexibility index (Phi) is 12.6. The van der Waals surface area contributed by atoms with E-state index in [1.54, 1.807) is 25.7 Å². The summed E-state index contributed by atoms with van der Waals surface area (Å²) < 4.78 is 5.42. The third-order valence-electron chi connectivity index (χ3n) is 6.63. The van der Waals surface area contributed by atoms with Crippen LogP contribution in [0, 0.1) is 19.8 Å². The van der Waals surface area contributed by atoms with Crippen LogP contribution in [0.2, 0.25) is 0 Å². The summed E-state index contributed by atoms with van der Waals surface area (Å²) in [6.45, 7) is 15.8. The minimum Gasteiger partial charge on any atom is -0.444 e. The van der Waals surface area contributed by atoms with Gasteiger partial charge in [-0.2, -0.15) is 12.6 Å². The first kappa shape index (κ1) is 33.2. The predicted octanol–water partition coefficient (Wildman–Crippen LogP) is 6.14. The quantitative estimate of drug-likeness (QED) is 0.268. The van der Waals surface area contributed by atoms with Crippen LogP contribution in [0.5, 0.6) is 0 Å². The van der Waals surface area contributed by atoms with E-state index in [0.717, 1.165) is 28.7 Å². The summed E-state index contributed by atoms with van der Waals surface area (Å²) in [4.78, 5) is 42.6. The maximum atomic E-state index is 14.3. The van der Waals surface area contributed by atoms with Crippen LogP contribution in [0.4, 0.5) is 4.79 Å². The van der Waals surface area contributed by atoms with Gasteiger partial charge in [-0.1, -0.05) is 67.9 Å². The second-order valence-corrected chi connectivity index (χ2v) is 12.3. The molecule has 0 aliphatic heterocycles. The molecule has 2 N–H and O–H groups in total. The monoisotopic (exact) mass is 569 g/mol. The third-order valence-corrected chi connectivity index (χ3v) is 6.99. The van der Waals surface area contributed by atoms with Gasteiger partial charge in [0.15, 0.2) is 0 Å². The van der Waals surface area contributed by atoms with Gasteiger partial charge >= 0.3 is 6.09 Å². The molecule has 40 heavy (non-hydrogen) atoms. The maximum Gasteiger partial charge on any atom is 0.408 e. The number of hydrogen-bond acceptors (Lipinski definition) is 5. The van der Waals surface area contributed by atoms with E-state index in [1.165, 1.54) is 0 Å². The molecule has 8 heteroatoms. The second kappa shape index (κ2) is 15.1. The lowest BCUT2D eigenvalue weighted by Crippen LogP contribution is -2.56. The van der Waals surface area contributed by atoms with Crippen molar-refractivity contribution >= 4 is 30.5 Å². The van der Waals surface area contributed by atoms with Gasteiger partial charge in [0, 0.05) is 18.3 Å². The van der Waals surface area contributed by atoms with Gasteiger partial charge in [-0.15, -0.1) is 0 Å². The average molecular weight is 570 g/mol. The largest absolute Gasteiger partial charge is 0.444 e. The SMILES string of the molecule is Cc1ccc(C)c(C(C(=O)NCc2ccccc2)N(C(=O)C(CS)NC(=O)OC(C)(C)C)C(C)CCC(C)C)c1. The number of nitrogens with one attached hydrogen (secondary N) is 2. The van der Waals surface area contributed by atoms with Gasteiger partial charge in [-0.3, -0.25) is 9.59 Å². The van der Waals surface area contributed by atoms with Crippen LogP contribution in [-0.2, 0) is 20.9 Å². The van der Waals surface area contributed by atoms with E-state index in [0.29, 0.717) is 18.9 Å². The minimum absolute atomic E-state index is 0.0522. The summed E-state index contributed by atoms with van der Waals surface area (Å²) in [5, 5.41) is 5.76. The van der Waals surface area contributed by atoms with Gasteiger partial charge in [0.2, 0.25) is 11.8 Å². The first-order chi connectivity index (χ1) is 18.7. The van der Waals surface area contributed by atoms with Crippen molar-refractivity contribution in [3.63, 3.8) is 0 Å². The standard InChI is InChI=1S/C32H47N3O4S/c1-21(2)14-17-24(5)35(30(37)27(20-40)34-31(38)39-32(6,7)8)28(26-18-22(3)15-16-23(26)4)29(36)33-19-25-12-10-9-11-13-25/h9-13,15-16,18,21,24,27-28,40H,14,17,19-20H2,1-8H3,(H,33,36)(H,34,38). The van der Waals surface area contributed by atoms with Crippen molar-refractivity contribution in [2.45, 2.75) is 98.5 Å². The number of carbonyl (C=O) groups excluding carboxylic acids is 3. The van der Waals surface area contributed by atoms with Gasteiger partial charge < -0.3 is 20.3 Å². The summed E-state index contributed by atoms with van der Waals surface area (Å²) in [6.07, 6.45) is 0.871. The van der Waals surface area contributed by atoms with E-state index in [4.69, 9.17) is 4.74 Å². The molecule has 0 heterocycles. The number of rotatable bonds is 12. The van der Waals surface area contributed by atoms with E-state index in [9.17, 15) is 14.4 Å². The Morgan fingerprint density at radius 1 is 0.975 bits per heavy atom. The Labute approximate surface area is 245 Å². The van der Waals surface area contributed by atoms with Gasteiger partial charge in [0.25, 0.3) is 0 Å². The zero-order valence-corrected chi connectivity index (χ0v) is 26.2. The summed E-state index contributed by atoms with van der Waals surface area (Å²) in [5.41, 5.74) is 2.88. The van der Waals surface area contributed by atoms with Gasteiger partial charge in [0.05, 0.1) is 0 Å². The molecule has 0 saturated heterocycles. The molecule has 0 saturated carbocycles. The lowest BCUT2D eigenvalue weighted by molar-refractivity contribution is -0.144. The number of alkyl carbamates (subject to hydrolysis) is 1. The van der Waals surface area contributed by atoms with Crippen molar-refractivity contribution in [2.75, 3.05) is 5.75 Å². The van der Waals surface area contributed by atoms with Crippen LogP contribution in [0.3, 0.4) is 0 Å². The molecule has 0 fully saturated rings. The first-order valence-corrected chi connectivity index (χ1v) is 14.7. The predicted molar refractivity (Wildman–Crippen MR) is 164 cm³/mol. The highest BCUT2D eigenvalue weighted by molar-refractivity contribution is 7.80. The highest BCUT2D eigenvalue weighted by Crippen LogP contribution is 2.30. The Morgan fingerprint density at radius 2 is 1.62 bits per heavy atom. The normalized spacial score (nSPS) is 13.8. The van der Waals surface area contributed by atoms with Crippen LogP contribution in [0.25, 0.3) is 0 Å². The lowest BCUT2D eigenvalue weighted by atomic mass is 9.93. The Balaban J connectivity index is 2.56. The molecular weight excluding hydrogens is 522 g/mol. The Hall–Kier alpha value is -3.00. The molecule has 0 radical (unpaired) electrons. The van der Waals surface area contributed by atoms with Crippen molar-refractivity contribution in [2.24, 2.45) is 5.92 Å². The molecule has 220 valence electrons. The van der Waals surface area contributed by atoms with E-state index in [-0.39, 0.29) is 23.6 Å². The fourth-order valence-electron chi connectivity index (χ4n) is 4.48. The van der Waals surface area contributed by atoms with Crippen LogP contribution in [0.15, 0.2) is 48.5 Å². The van der Waals surface area contributed by atoms with E-state index in [1.807, 2.05) is 69.3 Å². The lowest BCUT2D eigenvalue weighted by Gasteiger charge is -2.39. The van der Waals surface area contributed by atoms with Crippen LogP contribution in [0.1, 0.15) is 82.7 Å². The molecule has 2 aromatic rings. The molecule has 0 aliphatic rings. The van der Waals surface area contributed by atoms with E-state index >= 15 is 0 Å². The van der Waals surface area contributed by atoms with Gasteiger partial charge in [-0.05, 0) is 77.0 Å². The zero-order chi connectivity index (χ0) is 30.0. The Morgan fingerprint density at radius 3 is 2.20 bits per heavy atom. The van der Waals surface area contributed by atoms with Crippen molar-refractivity contribution in [1.82, 2.24) is 15.5 Å². The van der Waals surface area contributed by atoms with E-state index in [2.05, 4.69) is 37.1 Å². The highest BCUT2D eigenvalue weighted by atomic mass is 32.1. The van der Waals surface area contributed by atoms with Crippen LogP contribution >= 0.6 is 12.6 Å². The number of hydrogen-bond donors (Lipinski definition) is 3. The maximum absolute atomic E-state index is 14.3. The molecule has 0 spiro atoms.